The second-order valence-electron chi connectivity index (χ2n) is 6.64. The molecule has 7 heteroatoms. The second-order valence-corrected chi connectivity index (χ2v) is 7.80. The zero-order valence-corrected chi connectivity index (χ0v) is 18.3. The summed E-state index contributed by atoms with van der Waals surface area (Å²) in [5, 5.41) is 5.24. The third-order valence-corrected chi connectivity index (χ3v) is 5.60. The Hall–Kier alpha value is -3.20. The molecule has 0 atom stereocenters. The topological polar surface area (TPSA) is 72.7 Å². The van der Waals surface area contributed by atoms with Crippen LogP contribution in [0.4, 0.5) is 0 Å². The normalized spacial score (nSPS) is 11.3. The first-order chi connectivity index (χ1) is 14.6. The van der Waals surface area contributed by atoms with Crippen molar-refractivity contribution in [2.24, 2.45) is 5.10 Å². The number of rotatable bonds is 5. The molecule has 4 aromatic rings. The van der Waals surface area contributed by atoms with E-state index in [9.17, 15) is 9.59 Å². The van der Waals surface area contributed by atoms with Gasteiger partial charge >= 0.3 is 0 Å². The Morgan fingerprint density at radius 3 is 2.30 bits per heavy atom. The summed E-state index contributed by atoms with van der Waals surface area (Å²) >= 11 is 2.18. The highest BCUT2D eigenvalue weighted by Gasteiger charge is 2.12. The molecule has 4 rings (SSSR count). The van der Waals surface area contributed by atoms with Gasteiger partial charge in [-0.05, 0) is 70.6 Å². The first-order valence-corrected chi connectivity index (χ1v) is 10.3. The maximum Gasteiger partial charge on any atom is 0.260 e. The van der Waals surface area contributed by atoms with Crippen LogP contribution in [0.3, 0.4) is 0 Å². The summed E-state index contributed by atoms with van der Waals surface area (Å²) in [6.45, 7) is 0.0405. The molecule has 0 aliphatic carbocycles. The summed E-state index contributed by atoms with van der Waals surface area (Å²) < 4.78 is 8.04. The minimum atomic E-state index is -0.284. The van der Waals surface area contributed by atoms with Crippen molar-refractivity contribution in [3.05, 3.63) is 86.1 Å². The van der Waals surface area contributed by atoms with Gasteiger partial charge in [0.15, 0.2) is 5.43 Å². The van der Waals surface area contributed by atoms with Crippen LogP contribution in [-0.2, 0) is 11.3 Å². The number of fused-ring (bicyclic) bond motifs is 2. The first-order valence-electron chi connectivity index (χ1n) is 9.24. The van der Waals surface area contributed by atoms with Crippen LogP contribution in [0.1, 0.15) is 5.56 Å². The van der Waals surface area contributed by atoms with Crippen molar-refractivity contribution in [1.82, 2.24) is 9.99 Å². The molecule has 1 aromatic heterocycles. The fourth-order valence-corrected chi connectivity index (χ4v) is 4.13. The van der Waals surface area contributed by atoms with E-state index >= 15 is 0 Å². The molecule has 0 fully saturated rings. The number of hydrogen-bond acceptors (Lipinski definition) is 4. The first kappa shape index (κ1) is 20.1. The minimum absolute atomic E-state index is 0.0370. The fourth-order valence-electron chi connectivity index (χ4n) is 3.37. The lowest BCUT2D eigenvalue weighted by Gasteiger charge is -2.14. The van der Waals surface area contributed by atoms with E-state index in [2.05, 4.69) is 33.1 Å². The van der Waals surface area contributed by atoms with Crippen LogP contribution in [0.2, 0.25) is 0 Å². The molecule has 6 nitrogen and oxygen atoms in total. The van der Waals surface area contributed by atoms with Gasteiger partial charge in [0.25, 0.3) is 5.91 Å². The summed E-state index contributed by atoms with van der Waals surface area (Å²) in [6, 6.07) is 20.2. The monoisotopic (exact) mass is 511 g/mol. The Morgan fingerprint density at radius 1 is 1.07 bits per heavy atom. The zero-order chi connectivity index (χ0) is 21.1. The number of methoxy groups -OCH3 is 1. The average molecular weight is 511 g/mol. The van der Waals surface area contributed by atoms with Crippen molar-refractivity contribution in [3.8, 4) is 5.75 Å². The van der Waals surface area contributed by atoms with E-state index in [1.54, 1.807) is 25.5 Å². The predicted molar refractivity (Wildman–Crippen MR) is 127 cm³/mol. The van der Waals surface area contributed by atoms with Gasteiger partial charge < -0.3 is 9.30 Å². The van der Waals surface area contributed by atoms with E-state index < -0.39 is 0 Å². The van der Waals surface area contributed by atoms with Crippen molar-refractivity contribution >= 4 is 56.5 Å². The number of aromatic nitrogens is 1. The predicted octanol–water partition coefficient (Wildman–Crippen LogP) is 3.92. The third kappa shape index (κ3) is 3.93. The van der Waals surface area contributed by atoms with Crippen molar-refractivity contribution in [3.63, 3.8) is 0 Å². The molecule has 3 aromatic carbocycles. The fraction of sp³-hybridized carbons (Fsp3) is 0.0870. The van der Waals surface area contributed by atoms with Gasteiger partial charge in [0.05, 0.1) is 27.9 Å². The second kappa shape index (κ2) is 8.66. The number of nitrogens with zero attached hydrogens (tertiary/aromatic N) is 2. The van der Waals surface area contributed by atoms with Gasteiger partial charge in [-0.2, -0.15) is 5.10 Å². The Balaban J connectivity index is 1.61. The van der Waals surface area contributed by atoms with E-state index in [0.29, 0.717) is 21.8 Å². The van der Waals surface area contributed by atoms with Gasteiger partial charge in [-0.25, -0.2) is 5.43 Å². The largest absolute Gasteiger partial charge is 0.496 e. The van der Waals surface area contributed by atoms with Crippen molar-refractivity contribution in [2.75, 3.05) is 7.11 Å². The number of benzene rings is 3. The number of carbonyl (C=O) groups excluding carboxylic acids is 1. The molecule has 150 valence electrons. The molecule has 0 saturated carbocycles. The van der Waals surface area contributed by atoms with Crippen LogP contribution >= 0.6 is 22.6 Å². The van der Waals surface area contributed by atoms with Crippen LogP contribution in [0.15, 0.2) is 76.6 Å². The Morgan fingerprint density at radius 2 is 1.70 bits per heavy atom. The highest BCUT2D eigenvalue weighted by Crippen LogP contribution is 2.21. The number of nitrogens with one attached hydrogen (secondary N) is 1. The number of pyridine rings is 1. The molecule has 0 bridgehead atoms. The number of halogens is 1. The van der Waals surface area contributed by atoms with Gasteiger partial charge in [-0.15, -0.1) is 0 Å². The average Bonchev–Trinajstić information content (AvgIpc) is 2.77. The molecule has 0 aliphatic rings. The van der Waals surface area contributed by atoms with E-state index in [1.807, 2.05) is 59.2 Å². The molecular weight excluding hydrogens is 493 g/mol. The Labute approximate surface area is 186 Å². The lowest BCUT2D eigenvalue weighted by molar-refractivity contribution is -0.121. The molecule has 0 unspecified atom stereocenters. The lowest BCUT2D eigenvalue weighted by atomic mass is 10.1. The van der Waals surface area contributed by atoms with E-state index in [1.165, 1.54) is 0 Å². The van der Waals surface area contributed by atoms with E-state index in [-0.39, 0.29) is 17.9 Å². The van der Waals surface area contributed by atoms with Gasteiger partial charge in [0.2, 0.25) is 0 Å². The van der Waals surface area contributed by atoms with E-state index in [0.717, 1.165) is 14.9 Å². The summed E-state index contributed by atoms with van der Waals surface area (Å²) in [4.78, 5) is 25.4. The van der Waals surface area contributed by atoms with E-state index in [4.69, 9.17) is 4.74 Å². The maximum atomic E-state index is 12.8. The highest BCUT2D eigenvalue weighted by atomic mass is 127. The third-order valence-electron chi connectivity index (χ3n) is 4.76. The van der Waals surface area contributed by atoms with Crippen molar-refractivity contribution in [2.45, 2.75) is 6.54 Å². The Kier molecular flexibility index (Phi) is 5.80. The van der Waals surface area contributed by atoms with Crippen LogP contribution in [0, 0.1) is 3.57 Å². The number of ether oxygens (including phenoxy) is 1. The molecule has 1 heterocycles. The summed E-state index contributed by atoms with van der Waals surface area (Å²) in [6.07, 6.45) is 1.58. The quantitative estimate of drug-likeness (QED) is 0.191. The number of hydrazone groups is 1. The summed E-state index contributed by atoms with van der Waals surface area (Å²) in [5.74, 6) is 0.502. The molecule has 0 radical (unpaired) electrons. The van der Waals surface area contributed by atoms with Gasteiger partial charge in [0, 0.05) is 10.8 Å². The molecule has 0 aliphatic heterocycles. The molecule has 30 heavy (non-hydrogen) atoms. The minimum Gasteiger partial charge on any atom is -0.496 e. The number of amides is 1. The van der Waals surface area contributed by atoms with Crippen LogP contribution < -0.4 is 15.6 Å². The van der Waals surface area contributed by atoms with Crippen molar-refractivity contribution < 1.29 is 9.53 Å². The molecule has 0 spiro atoms. The molecular formula is C23H18IN3O3. The van der Waals surface area contributed by atoms with Crippen molar-refractivity contribution in [1.29, 1.82) is 0 Å². The number of para-hydroxylation sites is 2. The zero-order valence-electron chi connectivity index (χ0n) is 16.1. The molecule has 1 amide bonds. The van der Waals surface area contributed by atoms with Gasteiger partial charge in [-0.1, -0.05) is 24.3 Å². The summed E-state index contributed by atoms with van der Waals surface area (Å²) in [5.41, 5.74) is 4.81. The highest BCUT2D eigenvalue weighted by molar-refractivity contribution is 14.1. The standard InChI is InChI=1S/C23H18IN3O3/c1-30-21-11-10-15(12-18(21)24)13-25-26-22(28)14-27-19-8-4-2-6-16(19)23(29)17-7-3-5-9-20(17)27/h2-13H,14H2,1H3,(H,26,28)/b25-13-. The molecule has 0 saturated heterocycles. The van der Waals surface area contributed by atoms with Gasteiger partial charge in [-0.3, -0.25) is 9.59 Å². The SMILES string of the molecule is COc1ccc(/C=N\NC(=O)Cn2c3ccccc3c(=O)c3ccccc32)cc1I. The number of carbonyl (C=O) groups is 1. The van der Waals surface area contributed by atoms with Gasteiger partial charge in [0.1, 0.15) is 12.3 Å². The van der Waals surface area contributed by atoms with Crippen LogP contribution in [0.5, 0.6) is 5.75 Å². The van der Waals surface area contributed by atoms with Crippen LogP contribution in [-0.4, -0.2) is 23.8 Å². The maximum absolute atomic E-state index is 12.8. The summed E-state index contributed by atoms with van der Waals surface area (Å²) in [7, 11) is 1.62. The Bertz CT molecular complexity index is 1280. The number of hydrogen-bond donors (Lipinski definition) is 1. The van der Waals surface area contributed by atoms with Crippen LogP contribution in [0.25, 0.3) is 21.8 Å². The molecule has 1 N–H and O–H groups in total. The smallest absolute Gasteiger partial charge is 0.260 e. The lowest BCUT2D eigenvalue weighted by Crippen LogP contribution is -2.25.